The molecule has 19 heavy (non-hydrogen) atoms. The topological polar surface area (TPSA) is 0 Å². The second-order valence-electron chi connectivity index (χ2n) is 4.21. The fraction of sp³-hybridized carbons (Fsp3) is 0.125. The molecule has 0 N–H and O–H groups in total. The van der Waals surface area contributed by atoms with Gasteiger partial charge >= 0.3 is 6.18 Å². The molecular weight excluding hydrogens is 249 g/mol. The first-order chi connectivity index (χ1) is 9.05. The first-order valence-corrected chi connectivity index (χ1v) is 5.93. The van der Waals surface area contributed by atoms with Crippen molar-refractivity contribution in [3.63, 3.8) is 0 Å². The van der Waals surface area contributed by atoms with E-state index in [2.05, 4.69) is 0 Å². The molecule has 0 bridgehead atoms. The van der Waals surface area contributed by atoms with E-state index >= 15 is 0 Å². The van der Waals surface area contributed by atoms with Gasteiger partial charge in [0.05, 0.1) is 5.56 Å². The number of hydrogen-bond acceptors (Lipinski definition) is 0. The van der Waals surface area contributed by atoms with Crippen molar-refractivity contribution in [2.75, 3.05) is 0 Å². The molecule has 0 nitrogen and oxygen atoms in total. The molecule has 0 heterocycles. The van der Waals surface area contributed by atoms with Gasteiger partial charge in [-0.2, -0.15) is 13.2 Å². The van der Waals surface area contributed by atoms with Gasteiger partial charge in [-0.1, -0.05) is 54.6 Å². The number of halogens is 3. The maximum absolute atomic E-state index is 12.4. The van der Waals surface area contributed by atoms with E-state index in [9.17, 15) is 13.2 Å². The van der Waals surface area contributed by atoms with E-state index in [0.717, 1.165) is 23.3 Å². The molecule has 2 rings (SSSR count). The van der Waals surface area contributed by atoms with Crippen LogP contribution in [-0.4, -0.2) is 0 Å². The molecule has 0 radical (unpaired) electrons. The van der Waals surface area contributed by atoms with Gasteiger partial charge in [0, 0.05) is 0 Å². The summed E-state index contributed by atoms with van der Waals surface area (Å²) in [6.45, 7) is 0. The zero-order valence-electron chi connectivity index (χ0n) is 10.2. The van der Waals surface area contributed by atoms with Crippen LogP contribution in [0, 0.1) is 0 Å². The van der Waals surface area contributed by atoms with E-state index < -0.39 is 11.7 Å². The largest absolute Gasteiger partial charge is 0.416 e. The van der Waals surface area contributed by atoms with Crippen molar-refractivity contribution in [2.45, 2.75) is 12.6 Å². The van der Waals surface area contributed by atoms with Crippen LogP contribution < -0.4 is 0 Å². The maximum Gasteiger partial charge on any atom is 0.416 e. The second kappa shape index (κ2) is 5.74. The molecule has 98 valence electrons. The summed E-state index contributed by atoms with van der Waals surface area (Å²) in [5.41, 5.74) is 1.33. The minimum absolute atomic E-state index is 0.608. The van der Waals surface area contributed by atoms with E-state index in [0.29, 0.717) is 6.42 Å². The predicted octanol–water partition coefficient (Wildman–Crippen LogP) is 4.96. The van der Waals surface area contributed by atoms with Crippen molar-refractivity contribution in [3.8, 4) is 0 Å². The number of rotatable bonds is 3. The Morgan fingerprint density at radius 1 is 0.842 bits per heavy atom. The van der Waals surface area contributed by atoms with Gasteiger partial charge in [-0.15, -0.1) is 0 Å². The van der Waals surface area contributed by atoms with E-state index in [1.165, 1.54) is 12.1 Å². The SMILES string of the molecule is FC(F)(F)c1ccc(CC=Cc2ccccc2)cc1. The third-order valence-electron chi connectivity index (χ3n) is 2.74. The Morgan fingerprint density at radius 3 is 2.05 bits per heavy atom. The minimum Gasteiger partial charge on any atom is -0.166 e. The Hall–Kier alpha value is -2.03. The van der Waals surface area contributed by atoms with Crippen LogP contribution in [0.5, 0.6) is 0 Å². The monoisotopic (exact) mass is 262 g/mol. The molecule has 0 aliphatic carbocycles. The molecule has 0 aliphatic rings. The first kappa shape index (κ1) is 13.4. The Balaban J connectivity index is 1.99. The van der Waals surface area contributed by atoms with Gasteiger partial charge in [0.15, 0.2) is 0 Å². The molecule has 0 unspecified atom stereocenters. The lowest BCUT2D eigenvalue weighted by Crippen LogP contribution is -2.04. The van der Waals surface area contributed by atoms with E-state index in [1.54, 1.807) is 0 Å². The van der Waals surface area contributed by atoms with Crippen molar-refractivity contribution < 1.29 is 13.2 Å². The summed E-state index contributed by atoms with van der Waals surface area (Å²) < 4.78 is 37.1. The van der Waals surface area contributed by atoms with Gasteiger partial charge in [0.2, 0.25) is 0 Å². The van der Waals surface area contributed by atoms with Crippen LogP contribution in [0.25, 0.3) is 6.08 Å². The number of allylic oxidation sites excluding steroid dienone is 1. The van der Waals surface area contributed by atoms with Gasteiger partial charge in [0.25, 0.3) is 0 Å². The molecule has 2 aromatic rings. The summed E-state index contributed by atoms with van der Waals surface area (Å²) >= 11 is 0. The summed E-state index contributed by atoms with van der Waals surface area (Å²) in [6, 6.07) is 15.0. The van der Waals surface area contributed by atoms with E-state index in [4.69, 9.17) is 0 Å². The molecule has 0 saturated carbocycles. The standard InChI is InChI=1S/C16H13F3/c17-16(18,19)15-11-9-14(10-12-15)8-4-7-13-5-2-1-3-6-13/h1-7,9-12H,8H2. The number of hydrogen-bond donors (Lipinski definition) is 0. The zero-order chi connectivity index (χ0) is 13.7. The maximum atomic E-state index is 12.4. The summed E-state index contributed by atoms with van der Waals surface area (Å²) in [5.74, 6) is 0. The third kappa shape index (κ3) is 3.98. The van der Waals surface area contributed by atoms with Crippen LogP contribution in [0.2, 0.25) is 0 Å². The van der Waals surface area contributed by atoms with Gasteiger partial charge in [-0.25, -0.2) is 0 Å². The first-order valence-electron chi connectivity index (χ1n) is 5.93. The smallest absolute Gasteiger partial charge is 0.166 e. The highest BCUT2D eigenvalue weighted by Gasteiger charge is 2.29. The lowest BCUT2D eigenvalue weighted by molar-refractivity contribution is -0.137. The Labute approximate surface area is 110 Å². The second-order valence-corrected chi connectivity index (χ2v) is 4.21. The summed E-state index contributed by atoms with van der Waals surface area (Å²) in [4.78, 5) is 0. The molecule has 0 saturated heterocycles. The Bertz CT molecular complexity index is 536. The fourth-order valence-corrected chi connectivity index (χ4v) is 1.73. The van der Waals surface area contributed by atoms with Crippen LogP contribution in [0.4, 0.5) is 13.2 Å². The predicted molar refractivity (Wildman–Crippen MR) is 70.6 cm³/mol. The van der Waals surface area contributed by atoms with Crippen molar-refractivity contribution in [1.82, 2.24) is 0 Å². The molecule has 0 aromatic heterocycles. The average molecular weight is 262 g/mol. The van der Waals surface area contributed by atoms with Crippen molar-refractivity contribution in [2.24, 2.45) is 0 Å². The highest BCUT2D eigenvalue weighted by molar-refractivity contribution is 5.49. The molecule has 0 amide bonds. The third-order valence-corrected chi connectivity index (χ3v) is 2.74. The Morgan fingerprint density at radius 2 is 1.47 bits per heavy atom. The molecule has 3 heteroatoms. The van der Waals surface area contributed by atoms with Crippen molar-refractivity contribution in [3.05, 3.63) is 77.4 Å². The highest BCUT2D eigenvalue weighted by Crippen LogP contribution is 2.29. The molecule has 0 atom stereocenters. The van der Waals surface area contributed by atoms with Crippen LogP contribution in [0.1, 0.15) is 16.7 Å². The zero-order valence-corrected chi connectivity index (χ0v) is 10.2. The van der Waals surface area contributed by atoms with Gasteiger partial charge in [0.1, 0.15) is 0 Å². The van der Waals surface area contributed by atoms with Crippen LogP contribution in [0.3, 0.4) is 0 Å². The highest BCUT2D eigenvalue weighted by atomic mass is 19.4. The number of alkyl halides is 3. The summed E-state index contributed by atoms with van der Waals surface area (Å²) in [7, 11) is 0. The minimum atomic E-state index is -4.27. The molecule has 0 spiro atoms. The summed E-state index contributed by atoms with van der Waals surface area (Å²) in [5, 5.41) is 0. The van der Waals surface area contributed by atoms with E-state index in [1.807, 2.05) is 42.5 Å². The molecule has 2 aromatic carbocycles. The fourth-order valence-electron chi connectivity index (χ4n) is 1.73. The molecule has 0 fully saturated rings. The van der Waals surface area contributed by atoms with Crippen LogP contribution in [0.15, 0.2) is 60.7 Å². The molecule has 0 aliphatic heterocycles. The van der Waals surface area contributed by atoms with Crippen molar-refractivity contribution in [1.29, 1.82) is 0 Å². The van der Waals surface area contributed by atoms with Gasteiger partial charge in [-0.3, -0.25) is 0 Å². The lowest BCUT2D eigenvalue weighted by atomic mass is 10.1. The van der Waals surface area contributed by atoms with E-state index in [-0.39, 0.29) is 0 Å². The van der Waals surface area contributed by atoms with Gasteiger partial charge in [-0.05, 0) is 29.7 Å². The quantitative estimate of drug-likeness (QED) is 0.733. The number of benzene rings is 2. The average Bonchev–Trinajstić information content (AvgIpc) is 2.39. The Kier molecular flexibility index (Phi) is 4.05. The van der Waals surface area contributed by atoms with Gasteiger partial charge < -0.3 is 0 Å². The molecular formula is C16H13F3. The van der Waals surface area contributed by atoms with Crippen LogP contribution >= 0.6 is 0 Å². The lowest BCUT2D eigenvalue weighted by Gasteiger charge is -2.06. The normalized spacial score (nSPS) is 11.9. The summed E-state index contributed by atoms with van der Waals surface area (Å²) in [6.07, 6.45) is 0.251. The van der Waals surface area contributed by atoms with Crippen molar-refractivity contribution >= 4 is 6.08 Å². The van der Waals surface area contributed by atoms with Crippen LogP contribution in [-0.2, 0) is 12.6 Å².